The van der Waals surface area contributed by atoms with E-state index in [1.165, 1.54) is 0 Å². The molecule has 1 saturated carbocycles. The van der Waals surface area contributed by atoms with Crippen molar-refractivity contribution in [1.82, 2.24) is 4.90 Å². The van der Waals surface area contributed by atoms with Crippen LogP contribution in [0.5, 0.6) is 11.5 Å². The summed E-state index contributed by atoms with van der Waals surface area (Å²) in [7, 11) is 0. The lowest BCUT2D eigenvalue weighted by Crippen LogP contribution is -2.54. The molecular weight excluding hydrogens is 310 g/mol. The zero-order valence-electron chi connectivity index (χ0n) is 13.9. The van der Waals surface area contributed by atoms with Crippen LogP contribution in [0.4, 0.5) is 0 Å². The van der Waals surface area contributed by atoms with Crippen molar-refractivity contribution in [3.8, 4) is 11.5 Å². The molecule has 1 amide bonds. The standard InChI is InChI=1S/C18H23NO5/c1-2-21-15-6-4-13-18(15)22-8-7-19(13)17(20)10-12-3-5-14-16(9-12)24-11-23-14/h3,5,9,13,15,18H,2,4,6-8,10-11H2,1H3/t13-,15+,18+/m0/s1. The first-order valence-corrected chi connectivity index (χ1v) is 8.67. The molecule has 1 aromatic carbocycles. The summed E-state index contributed by atoms with van der Waals surface area (Å²) in [5.74, 6) is 1.61. The van der Waals surface area contributed by atoms with Gasteiger partial charge in [-0.1, -0.05) is 6.07 Å². The van der Waals surface area contributed by atoms with Gasteiger partial charge in [-0.2, -0.15) is 0 Å². The summed E-state index contributed by atoms with van der Waals surface area (Å²) in [4.78, 5) is 14.8. The van der Waals surface area contributed by atoms with Gasteiger partial charge in [0.1, 0.15) is 6.10 Å². The van der Waals surface area contributed by atoms with Gasteiger partial charge in [0.05, 0.1) is 25.2 Å². The van der Waals surface area contributed by atoms with Crippen molar-refractivity contribution < 1.29 is 23.7 Å². The van der Waals surface area contributed by atoms with E-state index in [2.05, 4.69) is 0 Å². The van der Waals surface area contributed by atoms with Crippen LogP contribution in [0, 0.1) is 0 Å². The van der Waals surface area contributed by atoms with Crippen molar-refractivity contribution in [1.29, 1.82) is 0 Å². The van der Waals surface area contributed by atoms with E-state index >= 15 is 0 Å². The Balaban J connectivity index is 1.44. The molecule has 0 aromatic heterocycles. The summed E-state index contributed by atoms with van der Waals surface area (Å²) >= 11 is 0. The van der Waals surface area contributed by atoms with Gasteiger partial charge in [0.2, 0.25) is 12.7 Å². The largest absolute Gasteiger partial charge is 0.454 e. The summed E-state index contributed by atoms with van der Waals surface area (Å²) in [6, 6.07) is 5.83. The van der Waals surface area contributed by atoms with Crippen molar-refractivity contribution in [2.45, 2.75) is 44.4 Å². The van der Waals surface area contributed by atoms with Crippen LogP contribution in [0.3, 0.4) is 0 Å². The fraction of sp³-hybridized carbons (Fsp3) is 0.611. The van der Waals surface area contributed by atoms with Crippen LogP contribution in [0.15, 0.2) is 18.2 Å². The maximum absolute atomic E-state index is 12.8. The van der Waals surface area contributed by atoms with Crippen LogP contribution >= 0.6 is 0 Å². The zero-order valence-corrected chi connectivity index (χ0v) is 13.9. The van der Waals surface area contributed by atoms with Crippen LogP contribution in [-0.4, -0.2) is 55.6 Å². The Hall–Kier alpha value is -1.79. The second kappa shape index (κ2) is 6.61. The maximum Gasteiger partial charge on any atom is 0.231 e. The lowest BCUT2D eigenvalue weighted by atomic mass is 10.1. The third-order valence-corrected chi connectivity index (χ3v) is 5.03. The number of benzene rings is 1. The highest BCUT2D eigenvalue weighted by Crippen LogP contribution is 2.34. The number of carbonyl (C=O) groups is 1. The molecule has 6 nitrogen and oxygen atoms in total. The Morgan fingerprint density at radius 3 is 3.04 bits per heavy atom. The fourth-order valence-electron chi connectivity index (χ4n) is 3.94. The molecule has 0 spiro atoms. The molecule has 6 heteroatoms. The predicted molar refractivity (Wildman–Crippen MR) is 86.2 cm³/mol. The molecule has 0 radical (unpaired) electrons. The Bertz CT molecular complexity index is 619. The molecule has 4 rings (SSSR count). The molecule has 2 heterocycles. The van der Waals surface area contributed by atoms with E-state index in [0.29, 0.717) is 26.2 Å². The van der Waals surface area contributed by atoms with Crippen molar-refractivity contribution >= 4 is 5.91 Å². The first kappa shape index (κ1) is 15.7. The summed E-state index contributed by atoms with van der Waals surface area (Å²) in [6.07, 6.45) is 2.40. The van der Waals surface area contributed by atoms with Gasteiger partial charge < -0.3 is 23.8 Å². The molecule has 1 aromatic rings. The number of rotatable bonds is 4. The first-order valence-electron chi connectivity index (χ1n) is 8.67. The number of morpholine rings is 1. The third kappa shape index (κ3) is 2.84. The van der Waals surface area contributed by atoms with E-state index in [9.17, 15) is 4.79 Å². The predicted octanol–water partition coefficient (Wildman–Crippen LogP) is 1.75. The molecule has 3 atom stereocenters. The maximum atomic E-state index is 12.8. The minimum Gasteiger partial charge on any atom is -0.454 e. The summed E-state index contributed by atoms with van der Waals surface area (Å²) < 4.78 is 22.4. The van der Waals surface area contributed by atoms with E-state index in [1.54, 1.807) is 0 Å². The number of hydrogen-bond donors (Lipinski definition) is 0. The molecule has 130 valence electrons. The molecule has 2 fully saturated rings. The lowest BCUT2D eigenvalue weighted by molar-refractivity contribution is -0.150. The van der Waals surface area contributed by atoms with E-state index in [1.807, 2.05) is 30.0 Å². The molecular formula is C18H23NO5. The fourth-order valence-corrected chi connectivity index (χ4v) is 3.94. The highest BCUT2D eigenvalue weighted by Gasteiger charge is 2.44. The SMILES string of the molecule is CCO[C@@H]1CC[C@H]2[C@H]1OCCN2C(=O)Cc1ccc2c(c1)OCO2. The first-order chi connectivity index (χ1) is 11.8. The quantitative estimate of drug-likeness (QED) is 0.840. The summed E-state index contributed by atoms with van der Waals surface area (Å²) in [6.45, 7) is 4.17. The Labute approximate surface area is 141 Å². The summed E-state index contributed by atoms with van der Waals surface area (Å²) in [5.41, 5.74) is 0.951. The minimum atomic E-state index is 0.0133. The van der Waals surface area contributed by atoms with Gasteiger partial charge in [-0.05, 0) is 37.5 Å². The van der Waals surface area contributed by atoms with Crippen LogP contribution in [0.25, 0.3) is 0 Å². The van der Waals surface area contributed by atoms with E-state index in [0.717, 1.165) is 29.9 Å². The van der Waals surface area contributed by atoms with Gasteiger partial charge in [0, 0.05) is 13.2 Å². The normalized spacial score (nSPS) is 28.0. The highest BCUT2D eigenvalue weighted by molar-refractivity contribution is 5.79. The van der Waals surface area contributed by atoms with E-state index in [-0.39, 0.29) is 30.9 Å². The van der Waals surface area contributed by atoms with Crippen LogP contribution in [0.2, 0.25) is 0 Å². The van der Waals surface area contributed by atoms with Crippen molar-refractivity contribution in [2.24, 2.45) is 0 Å². The molecule has 0 N–H and O–H groups in total. The van der Waals surface area contributed by atoms with Gasteiger partial charge >= 0.3 is 0 Å². The number of ether oxygens (including phenoxy) is 4. The number of fused-ring (bicyclic) bond motifs is 2. The summed E-state index contributed by atoms with van der Waals surface area (Å²) in [5, 5.41) is 0. The van der Waals surface area contributed by atoms with E-state index < -0.39 is 0 Å². The van der Waals surface area contributed by atoms with Gasteiger partial charge in [-0.15, -0.1) is 0 Å². The van der Waals surface area contributed by atoms with Crippen molar-refractivity contribution in [3.63, 3.8) is 0 Å². The van der Waals surface area contributed by atoms with E-state index in [4.69, 9.17) is 18.9 Å². The average molecular weight is 333 g/mol. The molecule has 0 unspecified atom stereocenters. The molecule has 0 bridgehead atoms. The van der Waals surface area contributed by atoms with Crippen LogP contribution in [0.1, 0.15) is 25.3 Å². The molecule has 1 aliphatic carbocycles. The van der Waals surface area contributed by atoms with Gasteiger partial charge in [-0.3, -0.25) is 4.79 Å². The lowest BCUT2D eigenvalue weighted by Gasteiger charge is -2.39. The number of hydrogen-bond acceptors (Lipinski definition) is 5. The second-order valence-electron chi connectivity index (χ2n) is 6.43. The Kier molecular flexibility index (Phi) is 4.33. The van der Waals surface area contributed by atoms with Crippen LogP contribution in [-0.2, 0) is 20.7 Å². The zero-order chi connectivity index (χ0) is 16.5. The van der Waals surface area contributed by atoms with Crippen LogP contribution < -0.4 is 9.47 Å². The van der Waals surface area contributed by atoms with Gasteiger partial charge in [0.25, 0.3) is 0 Å². The number of nitrogens with zero attached hydrogens (tertiary/aromatic N) is 1. The van der Waals surface area contributed by atoms with Gasteiger partial charge in [-0.25, -0.2) is 0 Å². The third-order valence-electron chi connectivity index (χ3n) is 5.03. The van der Waals surface area contributed by atoms with Crippen molar-refractivity contribution in [2.75, 3.05) is 26.6 Å². The number of amides is 1. The van der Waals surface area contributed by atoms with Crippen molar-refractivity contribution in [3.05, 3.63) is 23.8 Å². The van der Waals surface area contributed by atoms with Gasteiger partial charge in [0.15, 0.2) is 11.5 Å². The Morgan fingerprint density at radius 2 is 2.17 bits per heavy atom. The molecule has 24 heavy (non-hydrogen) atoms. The molecule has 3 aliphatic rings. The topological polar surface area (TPSA) is 57.2 Å². The number of carbonyl (C=O) groups excluding carboxylic acids is 1. The Morgan fingerprint density at radius 1 is 1.29 bits per heavy atom. The smallest absolute Gasteiger partial charge is 0.231 e. The monoisotopic (exact) mass is 333 g/mol. The molecule has 2 aliphatic heterocycles. The minimum absolute atomic E-state index is 0.0133. The average Bonchev–Trinajstić information content (AvgIpc) is 3.21. The highest BCUT2D eigenvalue weighted by atomic mass is 16.7. The second-order valence-corrected chi connectivity index (χ2v) is 6.43. The molecule has 1 saturated heterocycles.